The number of pyridine rings is 1. The van der Waals surface area contributed by atoms with Crippen LogP contribution in [0.2, 0.25) is 0 Å². The van der Waals surface area contributed by atoms with Gasteiger partial charge in [-0.15, -0.1) is 0 Å². The summed E-state index contributed by atoms with van der Waals surface area (Å²) in [5.41, 5.74) is 2.02. The number of fused-ring (bicyclic) bond motifs is 1. The van der Waals surface area contributed by atoms with E-state index >= 15 is 0 Å². The van der Waals surface area contributed by atoms with Crippen LogP contribution in [0.5, 0.6) is 0 Å². The molecule has 0 saturated heterocycles. The summed E-state index contributed by atoms with van der Waals surface area (Å²) >= 11 is 0. The highest BCUT2D eigenvalue weighted by Crippen LogP contribution is 2.24. The molecule has 0 bridgehead atoms. The van der Waals surface area contributed by atoms with E-state index in [9.17, 15) is 4.79 Å². The van der Waals surface area contributed by atoms with E-state index in [1.54, 1.807) is 23.2 Å². The fraction of sp³-hybridized carbons (Fsp3) is 0.0476. The molecule has 0 aliphatic carbocycles. The summed E-state index contributed by atoms with van der Waals surface area (Å²) in [7, 11) is 0. The SMILES string of the molecule is O=C(c1ccccn1)N(Cc1cc2ccccc2o1)c1ccccc1. The van der Waals surface area contributed by atoms with Crippen molar-refractivity contribution in [3.05, 3.63) is 96.5 Å². The molecule has 0 atom stereocenters. The van der Waals surface area contributed by atoms with Gasteiger partial charge in [0.1, 0.15) is 17.0 Å². The first kappa shape index (κ1) is 15.1. The highest BCUT2D eigenvalue weighted by Gasteiger charge is 2.20. The van der Waals surface area contributed by atoms with Crippen LogP contribution in [-0.4, -0.2) is 10.9 Å². The smallest absolute Gasteiger partial charge is 0.277 e. The second-order valence-corrected chi connectivity index (χ2v) is 5.69. The molecule has 1 amide bonds. The molecule has 4 heteroatoms. The number of rotatable bonds is 4. The minimum Gasteiger partial charge on any atom is -0.459 e. The fourth-order valence-electron chi connectivity index (χ4n) is 2.79. The van der Waals surface area contributed by atoms with Crippen molar-refractivity contribution in [3.63, 3.8) is 0 Å². The number of anilines is 1. The fourth-order valence-corrected chi connectivity index (χ4v) is 2.79. The lowest BCUT2D eigenvalue weighted by Gasteiger charge is -2.21. The molecular weight excluding hydrogens is 312 g/mol. The van der Waals surface area contributed by atoms with E-state index in [4.69, 9.17) is 4.42 Å². The Bertz CT molecular complexity index is 961. The molecule has 0 unspecified atom stereocenters. The third kappa shape index (κ3) is 3.15. The number of aromatic nitrogens is 1. The average Bonchev–Trinajstić information content (AvgIpc) is 3.09. The van der Waals surface area contributed by atoms with Gasteiger partial charge in [-0.2, -0.15) is 0 Å². The second kappa shape index (κ2) is 6.61. The van der Waals surface area contributed by atoms with Gasteiger partial charge in [0, 0.05) is 17.3 Å². The van der Waals surface area contributed by atoms with Gasteiger partial charge < -0.3 is 4.42 Å². The summed E-state index contributed by atoms with van der Waals surface area (Å²) in [5.74, 6) is 0.571. The Hall–Kier alpha value is -3.40. The van der Waals surface area contributed by atoms with E-state index < -0.39 is 0 Å². The Kier molecular flexibility index (Phi) is 4.01. The number of furan rings is 1. The highest BCUT2D eigenvalue weighted by molar-refractivity contribution is 6.04. The maximum atomic E-state index is 13.0. The Morgan fingerprint density at radius 1 is 0.920 bits per heavy atom. The van der Waals surface area contributed by atoms with Crippen molar-refractivity contribution in [1.29, 1.82) is 0 Å². The summed E-state index contributed by atoms with van der Waals surface area (Å²) in [4.78, 5) is 18.9. The van der Waals surface area contributed by atoms with Crippen LogP contribution < -0.4 is 4.90 Å². The lowest BCUT2D eigenvalue weighted by Crippen LogP contribution is -2.30. The minimum absolute atomic E-state index is 0.160. The molecule has 122 valence electrons. The van der Waals surface area contributed by atoms with Gasteiger partial charge in [0.05, 0.1) is 6.54 Å². The zero-order chi connectivity index (χ0) is 17.1. The molecule has 4 rings (SSSR count). The monoisotopic (exact) mass is 328 g/mol. The first-order valence-corrected chi connectivity index (χ1v) is 8.07. The molecule has 2 heterocycles. The predicted molar refractivity (Wildman–Crippen MR) is 97.4 cm³/mol. The summed E-state index contributed by atoms with van der Waals surface area (Å²) in [6.45, 7) is 0.341. The van der Waals surface area contributed by atoms with Gasteiger partial charge in [0.2, 0.25) is 0 Å². The zero-order valence-corrected chi connectivity index (χ0v) is 13.5. The van der Waals surface area contributed by atoms with Gasteiger partial charge in [0.15, 0.2) is 0 Å². The van der Waals surface area contributed by atoms with E-state index in [0.29, 0.717) is 12.2 Å². The van der Waals surface area contributed by atoms with Gasteiger partial charge >= 0.3 is 0 Å². The topological polar surface area (TPSA) is 46.3 Å². The van der Waals surface area contributed by atoms with Crippen LogP contribution in [0.4, 0.5) is 5.69 Å². The van der Waals surface area contributed by atoms with Crippen LogP contribution in [0.1, 0.15) is 16.2 Å². The number of nitrogens with zero attached hydrogens (tertiary/aromatic N) is 2. The lowest BCUT2D eigenvalue weighted by atomic mass is 10.2. The third-order valence-corrected chi connectivity index (χ3v) is 3.99. The first-order chi connectivity index (χ1) is 12.3. The Morgan fingerprint density at radius 2 is 1.68 bits per heavy atom. The number of para-hydroxylation sites is 2. The molecule has 0 radical (unpaired) electrons. The molecule has 0 spiro atoms. The Labute approximate surface area is 145 Å². The van der Waals surface area contributed by atoms with Crippen LogP contribution in [0.15, 0.2) is 89.5 Å². The Morgan fingerprint density at radius 3 is 2.44 bits per heavy atom. The lowest BCUT2D eigenvalue weighted by molar-refractivity contribution is 0.0978. The molecule has 0 N–H and O–H groups in total. The van der Waals surface area contributed by atoms with E-state index in [-0.39, 0.29) is 5.91 Å². The average molecular weight is 328 g/mol. The van der Waals surface area contributed by atoms with E-state index in [1.165, 1.54) is 0 Å². The number of amides is 1. The van der Waals surface area contributed by atoms with Gasteiger partial charge in [-0.1, -0.05) is 42.5 Å². The van der Waals surface area contributed by atoms with E-state index in [1.807, 2.05) is 66.7 Å². The number of carbonyl (C=O) groups excluding carboxylic acids is 1. The number of hydrogen-bond donors (Lipinski definition) is 0. The molecule has 0 saturated carbocycles. The van der Waals surface area contributed by atoms with Crippen molar-refractivity contribution in [1.82, 2.24) is 4.98 Å². The third-order valence-electron chi connectivity index (χ3n) is 3.99. The summed E-state index contributed by atoms with van der Waals surface area (Å²) < 4.78 is 5.89. The van der Waals surface area contributed by atoms with Gasteiger partial charge in [0.25, 0.3) is 5.91 Å². The quantitative estimate of drug-likeness (QED) is 0.547. The molecular formula is C21H16N2O2. The molecule has 25 heavy (non-hydrogen) atoms. The van der Waals surface area contributed by atoms with Crippen molar-refractivity contribution in [3.8, 4) is 0 Å². The zero-order valence-electron chi connectivity index (χ0n) is 13.5. The summed E-state index contributed by atoms with van der Waals surface area (Å²) in [5, 5.41) is 1.02. The normalized spacial score (nSPS) is 10.7. The minimum atomic E-state index is -0.160. The van der Waals surface area contributed by atoms with Crippen molar-refractivity contribution < 1.29 is 9.21 Å². The van der Waals surface area contributed by atoms with Gasteiger partial charge in [-0.05, 0) is 36.4 Å². The number of hydrogen-bond acceptors (Lipinski definition) is 3. The van der Waals surface area contributed by atoms with Crippen LogP contribution >= 0.6 is 0 Å². The second-order valence-electron chi connectivity index (χ2n) is 5.69. The molecule has 0 aliphatic heterocycles. The largest absolute Gasteiger partial charge is 0.459 e. The predicted octanol–water partition coefficient (Wildman–Crippen LogP) is 4.67. The van der Waals surface area contributed by atoms with Gasteiger partial charge in [-0.3, -0.25) is 14.7 Å². The van der Waals surface area contributed by atoms with Crippen molar-refractivity contribution in [2.45, 2.75) is 6.54 Å². The van der Waals surface area contributed by atoms with Gasteiger partial charge in [-0.25, -0.2) is 0 Å². The van der Waals surface area contributed by atoms with Crippen LogP contribution in [-0.2, 0) is 6.54 Å². The molecule has 4 nitrogen and oxygen atoms in total. The maximum Gasteiger partial charge on any atom is 0.277 e. The molecule has 0 fully saturated rings. The maximum absolute atomic E-state index is 13.0. The standard InChI is InChI=1S/C21H16N2O2/c24-21(19-11-6-7-13-22-19)23(17-9-2-1-3-10-17)15-18-14-16-8-4-5-12-20(16)25-18/h1-14H,15H2. The molecule has 0 aliphatic rings. The van der Waals surface area contributed by atoms with Crippen molar-refractivity contribution in [2.24, 2.45) is 0 Å². The van der Waals surface area contributed by atoms with Crippen molar-refractivity contribution >= 4 is 22.6 Å². The molecule has 2 aromatic heterocycles. The van der Waals surface area contributed by atoms with Crippen LogP contribution in [0.25, 0.3) is 11.0 Å². The van der Waals surface area contributed by atoms with Crippen LogP contribution in [0, 0.1) is 0 Å². The van der Waals surface area contributed by atoms with E-state index in [0.717, 1.165) is 22.4 Å². The van der Waals surface area contributed by atoms with Crippen molar-refractivity contribution in [2.75, 3.05) is 4.90 Å². The number of benzene rings is 2. The highest BCUT2D eigenvalue weighted by atomic mass is 16.3. The number of carbonyl (C=O) groups is 1. The van der Waals surface area contributed by atoms with E-state index in [2.05, 4.69) is 4.98 Å². The van der Waals surface area contributed by atoms with Crippen LogP contribution in [0.3, 0.4) is 0 Å². The molecule has 2 aromatic carbocycles. The summed E-state index contributed by atoms with van der Waals surface area (Å²) in [6, 6.07) is 24.7. The summed E-state index contributed by atoms with van der Waals surface area (Å²) in [6.07, 6.45) is 1.62. The Balaban J connectivity index is 1.71. The first-order valence-electron chi connectivity index (χ1n) is 8.07. The molecule has 4 aromatic rings.